The molecular formula is C17H27N. The number of benzene rings is 1. The highest BCUT2D eigenvalue weighted by molar-refractivity contribution is 5.25. The maximum absolute atomic E-state index is 3.79. The van der Waals surface area contributed by atoms with Gasteiger partial charge in [-0.2, -0.15) is 0 Å². The predicted octanol–water partition coefficient (Wildman–Crippen LogP) is 4.26. The van der Waals surface area contributed by atoms with E-state index in [0.717, 1.165) is 13.0 Å². The molecule has 0 aliphatic heterocycles. The molecule has 1 aromatic carbocycles. The van der Waals surface area contributed by atoms with Crippen molar-refractivity contribution in [3.05, 3.63) is 48.0 Å². The van der Waals surface area contributed by atoms with Crippen LogP contribution in [0.5, 0.6) is 0 Å². The number of unbranched alkanes of at least 4 members (excludes halogenated alkanes) is 1. The zero-order chi connectivity index (χ0) is 13.2. The lowest BCUT2D eigenvalue weighted by Gasteiger charge is -2.18. The fraction of sp³-hybridized carbons (Fsp3) is 0.529. The van der Waals surface area contributed by atoms with Crippen molar-refractivity contribution >= 4 is 0 Å². The van der Waals surface area contributed by atoms with Crippen molar-refractivity contribution < 1.29 is 0 Å². The summed E-state index contributed by atoms with van der Waals surface area (Å²) in [6, 6.07) is 9.36. The zero-order valence-electron chi connectivity index (χ0n) is 11.9. The minimum absolute atomic E-state index is 0.648. The van der Waals surface area contributed by atoms with Gasteiger partial charge in [0.2, 0.25) is 0 Å². The van der Waals surface area contributed by atoms with Crippen LogP contribution in [0.3, 0.4) is 0 Å². The molecule has 0 fully saturated rings. The summed E-state index contributed by atoms with van der Waals surface area (Å²) in [5.41, 5.74) is 2.91. The molecule has 0 heterocycles. The van der Waals surface area contributed by atoms with E-state index in [0.29, 0.717) is 6.04 Å². The summed E-state index contributed by atoms with van der Waals surface area (Å²) in [5, 5.41) is 3.60. The molecule has 0 aromatic heterocycles. The van der Waals surface area contributed by atoms with Crippen LogP contribution in [-0.2, 0) is 6.42 Å². The number of allylic oxidation sites excluding steroid dienone is 1. The van der Waals surface area contributed by atoms with Gasteiger partial charge in [0.05, 0.1) is 0 Å². The highest BCUT2D eigenvalue weighted by atomic mass is 14.9. The van der Waals surface area contributed by atoms with Crippen molar-refractivity contribution in [3.8, 4) is 0 Å². The highest BCUT2D eigenvalue weighted by Crippen LogP contribution is 2.13. The molecular weight excluding hydrogens is 218 g/mol. The lowest BCUT2D eigenvalue weighted by molar-refractivity contribution is 0.453. The van der Waals surface area contributed by atoms with Crippen LogP contribution in [0, 0.1) is 6.92 Å². The van der Waals surface area contributed by atoms with Gasteiger partial charge in [0, 0.05) is 6.04 Å². The van der Waals surface area contributed by atoms with E-state index < -0.39 is 0 Å². The topological polar surface area (TPSA) is 12.0 Å². The van der Waals surface area contributed by atoms with E-state index >= 15 is 0 Å². The Hall–Kier alpha value is -1.08. The van der Waals surface area contributed by atoms with Gasteiger partial charge in [-0.15, -0.1) is 6.58 Å². The molecule has 0 aliphatic carbocycles. The van der Waals surface area contributed by atoms with Gasteiger partial charge in [-0.25, -0.2) is 0 Å². The Bertz CT molecular complexity index is 343. The lowest BCUT2D eigenvalue weighted by Crippen LogP contribution is -2.29. The summed E-state index contributed by atoms with van der Waals surface area (Å²) in [6.07, 6.45) is 8.06. The largest absolute Gasteiger partial charge is 0.314 e. The van der Waals surface area contributed by atoms with Crippen molar-refractivity contribution in [1.29, 1.82) is 0 Å². The Kier molecular flexibility index (Phi) is 7.43. The molecule has 1 nitrogen and oxygen atoms in total. The third-order valence-corrected chi connectivity index (χ3v) is 3.48. The summed E-state index contributed by atoms with van der Waals surface area (Å²) in [5.74, 6) is 0. The first-order valence-corrected chi connectivity index (χ1v) is 7.16. The Morgan fingerprint density at radius 3 is 2.72 bits per heavy atom. The van der Waals surface area contributed by atoms with Crippen LogP contribution in [0.1, 0.15) is 43.7 Å². The first-order valence-electron chi connectivity index (χ1n) is 7.16. The molecule has 0 bridgehead atoms. The average Bonchev–Trinajstić information content (AvgIpc) is 2.38. The number of nitrogens with one attached hydrogen (secondary N) is 1. The molecule has 18 heavy (non-hydrogen) atoms. The van der Waals surface area contributed by atoms with E-state index in [1.165, 1.54) is 36.8 Å². The van der Waals surface area contributed by atoms with E-state index in [2.05, 4.69) is 50.0 Å². The molecule has 0 saturated carbocycles. The molecule has 0 saturated heterocycles. The van der Waals surface area contributed by atoms with Crippen molar-refractivity contribution in [1.82, 2.24) is 5.32 Å². The van der Waals surface area contributed by atoms with Gasteiger partial charge >= 0.3 is 0 Å². The van der Waals surface area contributed by atoms with Crippen LogP contribution < -0.4 is 5.32 Å². The molecule has 0 spiro atoms. The Labute approximate surface area is 112 Å². The second-order valence-corrected chi connectivity index (χ2v) is 4.94. The van der Waals surface area contributed by atoms with Gasteiger partial charge in [0.1, 0.15) is 0 Å². The van der Waals surface area contributed by atoms with Crippen molar-refractivity contribution in [2.75, 3.05) is 6.54 Å². The third-order valence-electron chi connectivity index (χ3n) is 3.48. The molecule has 1 N–H and O–H groups in total. The molecule has 1 atom stereocenters. The minimum atomic E-state index is 0.648. The van der Waals surface area contributed by atoms with E-state index in [-0.39, 0.29) is 0 Å². The van der Waals surface area contributed by atoms with Crippen molar-refractivity contribution in [3.63, 3.8) is 0 Å². The van der Waals surface area contributed by atoms with Gasteiger partial charge in [0.25, 0.3) is 0 Å². The van der Waals surface area contributed by atoms with Gasteiger partial charge in [-0.05, 0) is 56.7 Å². The molecule has 100 valence electrons. The number of hydrogen-bond acceptors (Lipinski definition) is 1. The predicted molar refractivity (Wildman–Crippen MR) is 81.0 cm³/mol. The Morgan fingerprint density at radius 1 is 1.28 bits per heavy atom. The lowest BCUT2D eigenvalue weighted by atomic mass is 9.98. The summed E-state index contributed by atoms with van der Waals surface area (Å²) < 4.78 is 0. The van der Waals surface area contributed by atoms with Crippen LogP contribution >= 0.6 is 0 Å². The summed E-state index contributed by atoms with van der Waals surface area (Å²) in [6.45, 7) is 9.24. The fourth-order valence-corrected chi connectivity index (χ4v) is 2.37. The second-order valence-electron chi connectivity index (χ2n) is 4.94. The first kappa shape index (κ1) is 15.0. The monoisotopic (exact) mass is 245 g/mol. The van der Waals surface area contributed by atoms with Crippen LogP contribution in [0.15, 0.2) is 36.9 Å². The number of rotatable bonds is 9. The second kappa shape index (κ2) is 8.93. The molecule has 1 aromatic rings. The first-order chi connectivity index (χ1) is 8.77. The van der Waals surface area contributed by atoms with Crippen molar-refractivity contribution in [2.45, 2.75) is 52.0 Å². The molecule has 0 radical (unpaired) electrons. The molecule has 0 aliphatic rings. The summed E-state index contributed by atoms with van der Waals surface area (Å²) in [4.78, 5) is 0. The van der Waals surface area contributed by atoms with Crippen LogP contribution in [0.25, 0.3) is 0 Å². The standard InChI is InChI=1S/C17H27N/c1-4-6-7-12-17(18-5-2)14-13-16-11-9-8-10-15(16)3/h4,8-11,17-18H,1,5-7,12-14H2,2-3H3. The van der Waals surface area contributed by atoms with E-state index in [9.17, 15) is 0 Å². The quantitative estimate of drug-likeness (QED) is 0.506. The molecule has 1 heteroatoms. The van der Waals surface area contributed by atoms with Crippen LogP contribution in [-0.4, -0.2) is 12.6 Å². The van der Waals surface area contributed by atoms with Gasteiger partial charge in [0.15, 0.2) is 0 Å². The van der Waals surface area contributed by atoms with E-state index in [1.54, 1.807) is 0 Å². The highest BCUT2D eigenvalue weighted by Gasteiger charge is 2.07. The smallest absolute Gasteiger partial charge is 0.00702 e. The SMILES string of the molecule is C=CCCCC(CCc1ccccc1C)NCC. The van der Waals surface area contributed by atoms with E-state index in [4.69, 9.17) is 0 Å². The van der Waals surface area contributed by atoms with Gasteiger partial charge < -0.3 is 5.32 Å². The Balaban J connectivity index is 2.41. The molecule has 0 amide bonds. The molecule has 1 unspecified atom stereocenters. The number of hydrogen-bond donors (Lipinski definition) is 1. The minimum Gasteiger partial charge on any atom is -0.314 e. The Morgan fingerprint density at radius 2 is 2.06 bits per heavy atom. The normalized spacial score (nSPS) is 12.3. The zero-order valence-corrected chi connectivity index (χ0v) is 11.9. The van der Waals surface area contributed by atoms with Gasteiger partial charge in [-0.1, -0.05) is 37.3 Å². The fourth-order valence-electron chi connectivity index (χ4n) is 2.37. The number of aryl methyl sites for hydroxylation is 2. The maximum atomic E-state index is 3.79. The summed E-state index contributed by atoms with van der Waals surface area (Å²) in [7, 11) is 0. The molecule has 1 rings (SSSR count). The van der Waals surface area contributed by atoms with Crippen LogP contribution in [0.4, 0.5) is 0 Å². The van der Waals surface area contributed by atoms with E-state index in [1.807, 2.05) is 6.08 Å². The third kappa shape index (κ3) is 5.50. The maximum Gasteiger partial charge on any atom is 0.00702 e. The van der Waals surface area contributed by atoms with Crippen molar-refractivity contribution in [2.24, 2.45) is 0 Å². The summed E-state index contributed by atoms with van der Waals surface area (Å²) >= 11 is 0. The van der Waals surface area contributed by atoms with Crippen LogP contribution in [0.2, 0.25) is 0 Å². The average molecular weight is 245 g/mol. The van der Waals surface area contributed by atoms with Gasteiger partial charge in [-0.3, -0.25) is 0 Å².